The summed E-state index contributed by atoms with van der Waals surface area (Å²) in [7, 11) is 0. The fraction of sp³-hybridized carbons (Fsp3) is 0. The zero-order valence-electron chi connectivity index (χ0n) is 22.8. The van der Waals surface area contributed by atoms with Crippen molar-refractivity contribution in [1.29, 1.82) is 0 Å². The quantitative estimate of drug-likeness (QED) is 0.144. The molecule has 0 saturated heterocycles. The van der Waals surface area contributed by atoms with Crippen molar-refractivity contribution in [3.8, 4) is 0 Å². The first-order chi connectivity index (χ1) is 20.8. The van der Waals surface area contributed by atoms with Gasteiger partial charge in [-0.25, -0.2) is 0 Å². The van der Waals surface area contributed by atoms with Crippen LogP contribution in [0.1, 0.15) is 0 Å². The van der Waals surface area contributed by atoms with Crippen LogP contribution in [0.25, 0.3) is 62.4 Å². The molecule has 9 rings (SSSR count). The van der Waals surface area contributed by atoms with E-state index in [1.54, 1.807) is 0 Å². The first-order valence-corrected chi connectivity index (χ1v) is 16.1. The Morgan fingerprint density at radius 2 is 0.881 bits per heavy atom. The van der Waals surface area contributed by atoms with E-state index < -0.39 is 0 Å². The van der Waals surface area contributed by atoms with Crippen LogP contribution >= 0.6 is 0 Å². The Balaban J connectivity index is 1.34. The molecule has 0 radical (unpaired) electrons. The molecule has 0 aliphatic rings. The van der Waals surface area contributed by atoms with E-state index in [0.29, 0.717) is 0 Å². The van der Waals surface area contributed by atoms with E-state index in [1.807, 2.05) is 0 Å². The minimum absolute atomic E-state index is 0.284. The molecular formula is C40H25NSe. The molecule has 196 valence electrons. The van der Waals surface area contributed by atoms with Crippen LogP contribution in [-0.4, -0.2) is 14.5 Å². The average molecular weight is 599 g/mol. The number of anilines is 3. The summed E-state index contributed by atoms with van der Waals surface area (Å²) >= 11 is 0.284. The van der Waals surface area contributed by atoms with Crippen LogP contribution in [0.4, 0.5) is 17.1 Å². The maximum atomic E-state index is 2.42. The molecule has 0 unspecified atom stereocenters. The van der Waals surface area contributed by atoms with Crippen molar-refractivity contribution in [1.82, 2.24) is 0 Å². The molecule has 42 heavy (non-hydrogen) atoms. The topological polar surface area (TPSA) is 3.24 Å². The van der Waals surface area contributed by atoms with Crippen molar-refractivity contribution in [2.45, 2.75) is 0 Å². The molecular weight excluding hydrogens is 573 g/mol. The molecule has 8 aromatic carbocycles. The van der Waals surface area contributed by atoms with Gasteiger partial charge < -0.3 is 0 Å². The van der Waals surface area contributed by atoms with Gasteiger partial charge >= 0.3 is 251 Å². The summed E-state index contributed by atoms with van der Waals surface area (Å²) in [6.45, 7) is 0. The third-order valence-corrected chi connectivity index (χ3v) is 11.1. The van der Waals surface area contributed by atoms with E-state index in [1.165, 1.54) is 68.1 Å². The SMILES string of the molecule is c1ccc2cc(N(c3ccc4ccccc4c3)c3ccc4ccc5ccc6c7ccccc7[se]c6c5c4c3)ccc2c1. The fourth-order valence-corrected chi connectivity index (χ4v) is 9.19. The summed E-state index contributed by atoms with van der Waals surface area (Å²) in [6, 6.07) is 56.0. The first kappa shape index (κ1) is 23.8. The van der Waals surface area contributed by atoms with Gasteiger partial charge in [-0.3, -0.25) is 0 Å². The standard InChI is InChI=1S/C40H25NSe/c1-3-9-30-23-32(19-15-26(30)7-1)41(33-20-16-27-8-2-4-10-31(27)24-33)34-21-17-28-13-14-29-18-22-36-35-11-5-6-12-38(35)42-40(36)39(29)37(28)25-34/h1-25H. The predicted molar refractivity (Wildman–Crippen MR) is 183 cm³/mol. The Bertz CT molecular complexity index is 2410. The Morgan fingerprint density at radius 3 is 1.60 bits per heavy atom. The van der Waals surface area contributed by atoms with Gasteiger partial charge in [-0.05, 0) is 0 Å². The third kappa shape index (κ3) is 3.70. The number of nitrogens with zero attached hydrogens (tertiary/aromatic N) is 1. The van der Waals surface area contributed by atoms with Crippen LogP contribution in [0.2, 0.25) is 0 Å². The van der Waals surface area contributed by atoms with Crippen LogP contribution in [-0.2, 0) is 0 Å². The van der Waals surface area contributed by atoms with Gasteiger partial charge in [0.15, 0.2) is 0 Å². The predicted octanol–water partition coefficient (Wildman–Crippen LogP) is 11.1. The number of hydrogen-bond donors (Lipinski definition) is 0. The number of rotatable bonds is 3. The van der Waals surface area contributed by atoms with E-state index in [0.717, 1.165) is 11.4 Å². The molecule has 0 amide bonds. The van der Waals surface area contributed by atoms with E-state index in [4.69, 9.17) is 0 Å². The summed E-state index contributed by atoms with van der Waals surface area (Å²) in [6.07, 6.45) is 0. The molecule has 0 aliphatic carbocycles. The van der Waals surface area contributed by atoms with Crippen LogP contribution < -0.4 is 4.90 Å². The molecule has 0 aliphatic heterocycles. The van der Waals surface area contributed by atoms with Gasteiger partial charge in [0.2, 0.25) is 0 Å². The van der Waals surface area contributed by atoms with Gasteiger partial charge in [-0.15, -0.1) is 0 Å². The monoisotopic (exact) mass is 599 g/mol. The Hall–Kier alpha value is -4.88. The van der Waals surface area contributed by atoms with Gasteiger partial charge in [-0.1, -0.05) is 0 Å². The van der Waals surface area contributed by atoms with Gasteiger partial charge in [0.05, 0.1) is 0 Å². The van der Waals surface area contributed by atoms with Gasteiger partial charge in [0, 0.05) is 0 Å². The van der Waals surface area contributed by atoms with Crippen molar-refractivity contribution in [2.75, 3.05) is 4.90 Å². The average Bonchev–Trinajstić information content (AvgIpc) is 3.43. The molecule has 1 heterocycles. The molecule has 0 atom stereocenters. The first-order valence-electron chi connectivity index (χ1n) is 14.3. The summed E-state index contributed by atoms with van der Waals surface area (Å²) in [5, 5.41) is 13.1. The fourth-order valence-electron chi connectivity index (χ4n) is 6.52. The van der Waals surface area contributed by atoms with Crippen molar-refractivity contribution < 1.29 is 0 Å². The zero-order valence-corrected chi connectivity index (χ0v) is 24.5. The van der Waals surface area contributed by atoms with E-state index in [9.17, 15) is 0 Å². The molecule has 0 bridgehead atoms. The summed E-state index contributed by atoms with van der Waals surface area (Å²) in [5.74, 6) is 0. The number of benzene rings is 8. The van der Waals surface area contributed by atoms with Crippen molar-refractivity contribution in [2.24, 2.45) is 0 Å². The van der Waals surface area contributed by atoms with Gasteiger partial charge in [-0.2, -0.15) is 0 Å². The molecule has 0 N–H and O–H groups in total. The molecule has 0 saturated carbocycles. The molecule has 9 aromatic rings. The minimum atomic E-state index is 0.284. The maximum absolute atomic E-state index is 2.42. The second-order valence-electron chi connectivity index (χ2n) is 11.0. The number of hydrogen-bond acceptors (Lipinski definition) is 1. The van der Waals surface area contributed by atoms with E-state index in [-0.39, 0.29) is 14.5 Å². The Labute approximate surface area is 249 Å². The van der Waals surface area contributed by atoms with Crippen molar-refractivity contribution >= 4 is 93.9 Å². The van der Waals surface area contributed by atoms with E-state index >= 15 is 0 Å². The zero-order chi connectivity index (χ0) is 27.6. The van der Waals surface area contributed by atoms with Gasteiger partial charge in [0.1, 0.15) is 0 Å². The van der Waals surface area contributed by atoms with Crippen LogP contribution in [0.5, 0.6) is 0 Å². The third-order valence-electron chi connectivity index (χ3n) is 8.57. The molecule has 0 fully saturated rings. The molecule has 1 nitrogen and oxygen atoms in total. The van der Waals surface area contributed by atoms with Crippen LogP contribution in [0, 0.1) is 0 Å². The Morgan fingerprint density at radius 1 is 0.357 bits per heavy atom. The van der Waals surface area contributed by atoms with E-state index in [2.05, 4.69) is 157 Å². The summed E-state index contributed by atoms with van der Waals surface area (Å²) < 4.78 is 2.99. The second-order valence-corrected chi connectivity index (χ2v) is 13.2. The number of fused-ring (bicyclic) bond motifs is 9. The normalized spacial score (nSPS) is 11.8. The Kier molecular flexibility index (Phi) is 5.28. The van der Waals surface area contributed by atoms with Gasteiger partial charge in [0.25, 0.3) is 0 Å². The molecule has 0 spiro atoms. The summed E-state index contributed by atoms with van der Waals surface area (Å²) in [5.41, 5.74) is 3.48. The summed E-state index contributed by atoms with van der Waals surface area (Å²) in [4.78, 5) is 2.42. The molecule has 1 aromatic heterocycles. The second kappa shape index (κ2) is 9.32. The van der Waals surface area contributed by atoms with Crippen molar-refractivity contribution in [3.63, 3.8) is 0 Å². The van der Waals surface area contributed by atoms with Crippen LogP contribution in [0.3, 0.4) is 0 Å². The van der Waals surface area contributed by atoms with Crippen molar-refractivity contribution in [3.05, 3.63) is 152 Å². The van der Waals surface area contributed by atoms with Crippen LogP contribution in [0.15, 0.2) is 152 Å². The molecule has 2 heteroatoms.